The van der Waals surface area contributed by atoms with Gasteiger partial charge in [0.1, 0.15) is 11.3 Å². The third kappa shape index (κ3) is 1.97. The average Bonchev–Trinajstić information content (AvgIpc) is 2.92. The van der Waals surface area contributed by atoms with Gasteiger partial charge in [0.25, 0.3) is 0 Å². The number of aromatic nitrogens is 3. The summed E-state index contributed by atoms with van der Waals surface area (Å²) in [6.07, 6.45) is 1.44. The molecule has 1 N–H and O–H groups in total. The summed E-state index contributed by atoms with van der Waals surface area (Å²) < 4.78 is 6.20. The minimum Gasteiger partial charge on any atom is -0.481 e. The van der Waals surface area contributed by atoms with Crippen molar-refractivity contribution in [1.82, 2.24) is 14.4 Å². The molecule has 0 saturated heterocycles. The fourth-order valence-electron chi connectivity index (χ4n) is 1.96. The average molecular weight is 269 g/mol. The van der Waals surface area contributed by atoms with Gasteiger partial charge in [-0.05, 0) is 0 Å². The summed E-state index contributed by atoms with van der Waals surface area (Å²) in [6.45, 7) is 0. The van der Waals surface area contributed by atoms with Crippen molar-refractivity contribution in [2.45, 2.75) is 0 Å². The van der Waals surface area contributed by atoms with Crippen LogP contribution in [0.25, 0.3) is 5.65 Å². The van der Waals surface area contributed by atoms with Crippen LogP contribution in [-0.2, 0) is 0 Å². The van der Waals surface area contributed by atoms with Crippen molar-refractivity contribution in [2.75, 3.05) is 7.11 Å². The second-order valence-electron chi connectivity index (χ2n) is 4.20. The van der Waals surface area contributed by atoms with Crippen molar-refractivity contribution < 1.29 is 9.53 Å². The number of nitrogens with zero attached hydrogens (tertiary/aromatic N) is 2. The number of ether oxygens (including phenoxy) is 1. The number of carbonyl (C=O) groups is 1. The Kier molecular flexibility index (Phi) is 2.83. The van der Waals surface area contributed by atoms with Crippen molar-refractivity contribution in [3.63, 3.8) is 0 Å². The van der Waals surface area contributed by atoms with Gasteiger partial charge in [-0.25, -0.2) is 4.79 Å². The number of imidazole rings is 1. The molecule has 0 radical (unpaired) electrons. The van der Waals surface area contributed by atoms with Gasteiger partial charge in [0.05, 0.1) is 7.11 Å². The molecule has 1 aromatic carbocycles. The maximum atomic E-state index is 12.3. The van der Waals surface area contributed by atoms with Gasteiger partial charge < -0.3 is 9.72 Å². The molecule has 20 heavy (non-hydrogen) atoms. The zero-order chi connectivity index (χ0) is 14.1. The summed E-state index contributed by atoms with van der Waals surface area (Å²) >= 11 is 0. The lowest BCUT2D eigenvalue weighted by Crippen LogP contribution is -2.15. The van der Waals surface area contributed by atoms with Crippen molar-refractivity contribution in [2.24, 2.45) is 0 Å². The first-order valence-electron chi connectivity index (χ1n) is 5.95. The fraction of sp³-hybridized carbons (Fsp3) is 0.0714. The number of hydrogen-bond donors (Lipinski definition) is 1. The van der Waals surface area contributed by atoms with Crippen LogP contribution in [0.5, 0.6) is 5.88 Å². The van der Waals surface area contributed by atoms with E-state index in [-0.39, 0.29) is 11.7 Å². The maximum absolute atomic E-state index is 12.3. The lowest BCUT2D eigenvalue weighted by atomic mass is 10.1. The van der Waals surface area contributed by atoms with Crippen molar-refractivity contribution in [3.05, 3.63) is 64.3 Å². The van der Waals surface area contributed by atoms with Crippen LogP contribution in [-0.4, -0.2) is 27.3 Å². The number of nitrogens with one attached hydrogen (secondary N) is 1. The normalized spacial score (nSPS) is 10.7. The van der Waals surface area contributed by atoms with E-state index in [0.29, 0.717) is 16.9 Å². The quantitative estimate of drug-likeness (QED) is 0.726. The summed E-state index contributed by atoms with van der Waals surface area (Å²) in [5.41, 5.74) is 0.833. The lowest BCUT2D eigenvalue weighted by Gasteiger charge is -1.96. The second-order valence-corrected chi connectivity index (χ2v) is 4.20. The number of aromatic amines is 1. The first kappa shape index (κ1) is 12.2. The Morgan fingerprint density at radius 1 is 1.30 bits per heavy atom. The largest absolute Gasteiger partial charge is 0.481 e. The molecule has 0 atom stereocenters. The Morgan fingerprint density at radius 2 is 2.05 bits per heavy atom. The summed E-state index contributed by atoms with van der Waals surface area (Å²) in [6, 6.07) is 10.4. The monoisotopic (exact) mass is 269 g/mol. The highest BCUT2D eigenvalue weighted by Crippen LogP contribution is 2.12. The second kappa shape index (κ2) is 4.65. The Morgan fingerprint density at radius 3 is 2.75 bits per heavy atom. The molecular formula is C14H11N3O3. The number of ketones is 1. The van der Waals surface area contributed by atoms with Crippen LogP contribution in [0.3, 0.4) is 0 Å². The van der Waals surface area contributed by atoms with E-state index in [4.69, 9.17) is 4.74 Å². The van der Waals surface area contributed by atoms with Gasteiger partial charge in [-0.1, -0.05) is 30.3 Å². The molecule has 0 saturated carbocycles. The van der Waals surface area contributed by atoms with Crippen LogP contribution < -0.4 is 10.4 Å². The third-order valence-corrected chi connectivity index (χ3v) is 2.94. The minimum absolute atomic E-state index is 0.187. The van der Waals surface area contributed by atoms with Crippen molar-refractivity contribution in [1.29, 1.82) is 0 Å². The van der Waals surface area contributed by atoms with Gasteiger partial charge in [-0.15, -0.1) is 0 Å². The molecule has 3 rings (SSSR count). The van der Waals surface area contributed by atoms with Gasteiger partial charge in [0, 0.05) is 17.8 Å². The highest BCUT2D eigenvalue weighted by atomic mass is 16.5. The van der Waals surface area contributed by atoms with Crippen LogP contribution in [0.15, 0.2) is 47.4 Å². The molecule has 2 heterocycles. The van der Waals surface area contributed by atoms with E-state index in [2.05, 4.69) is 9.97 Å². The Hall–Kier alpha value is -2.89. The third-order valence-electron chi connectivity index (χ3n) is 2.94. The zero-order valence-electron chi connectivity index (χ0n) is 10.7. The molecule has 0 bridgehead atoms. The van der Waals surface area contributed by atoms with E-state index in [9.17, 15) is 9.59 Å². The number of fused-ring (bicyclic) bond motifs is 1. The number of carbonyl (C=O) groups excluding carboxylic acids is 1. The summed E-state index contributed by atoms with van der Waals surface area (Å²) in [7, 11) is 1.43. The molecular weight excluding hydrogens is 258 g/mol. The lowest BCUT2D eigenvalue weighted by molar-refractivity contribution is 0.103. The van der Waals surface area contributed by atoms with E-state index >= 15 is 0 Å². The fourth-order valence-corrected chi connectivity index (χ4v) is 1.96. The van der Waals surface area contributed by atoms with E-state index in [1.165, 1.54) is 17.7 Å². The van der Waals surface area contributed by atoms with E-state index in [0.717, 1.165) is 0 Å². The highest BCUT2D eigenvalue weighted by molar-refractivity contribution is 6.07. The molecule has 100 valence electrons. The zero-order valence-corrected chi connectivity index (χ0v) is 10.7. The van der Waals surface area contributed by atoms with Crippen LogP contribution in [0, 0.1) is 0 Å². The van der Waals surface area contributed by atoms with Crippen LogP contribution in [0.1, 0.15) is 16.1 Å². The molecule has 6 heteroatoms. The minimum atomic E-state index is -0.497. The van der Waals surface area contributed by atoms with Gasteiger partial charge in [0.15, 0.2) is 0 Å². The molecule has 0 amide bonds. The number of hydrogen-bond acceptors (Lipinski definition) is 4. The first-order valence-corrected chi connectivity index (χ1v) is 5.95. The van der Waals surface area contributed by atoms with Gasteiger partial charge in [-0.3, -0.25) is 9.20 Å². The van der Waals surface area contributed by atoms with Gasteiger partial charge in [-0.2, -0.15) is 4.98 Å². The predicted molar refractivity (Wildman–Crippen MR) is 72.2 cm³/mol. The molecule has 0 aliphatic rings. The van der Waals surface area contributed by atoms with Crippen molar-refractivity contribution >= 4 is 11.4 Å². The van der Waals surface area contributed by atoms with Crippen LogP contribution in [0.2, 0.25) is 0 Å². The van der Waals surface area contributed by atoms with Crippen molar-refractivity contribution in [3.8, 4) is 5.88 Å². The number of rotatable bonds is 3. The molecule has 0 aliphatic heterocycles. The maximum Gasteiger partial charge on any atom is 0.356 e. The summed E-state index contributed by atoms with van der Waals surface area (Å²) in [5, 5.41) is 0. The number of H-pyrrole nitrogens is 1. The topological polar surface area (TPSA) is 76.5 Å². The smallest absolute Gasteiger partial charge is 0.356 e. The molecule has 0 unspecified atom stereocenters. The highest BCUT2D eigenvalue weighted by Gasteiger charge is 2.13. The van der Waals surface area contributed by atoms with E-state index < -0.39 is 5.69 Å². The summed E-state index contributed by atoms with van der Waals surface area (Å²) in [4.78, 5) is 30.7. The Labute approximate surface area is 113 Å². The number of methoxy groups -OCH3 is 1. The standard InChI is InChI=1S/C14H11N3O3/c1-20-12-7-11-15-10(8-17(11)14(19)16-12)13(18)9-5-3-2-4-6-9/h2-8,15H,1H3. The van der Waals surface area contributed by atoms with Crippen LogP contribution >= 0.6 is 0 Å². The first-order chi connectivity index (χ1) is 9.69. The van der Waals surface area contributed by atoms with Gasteiger partial charge >= 0.3 is 5.69 Å². The molecule has 0 fully saturated rings. The Balaban J connectivity index is 2.12. The van der Waals surface area contributed by atoms with Crippen LogP contribution in [0.4, 0.5) is 0 Å². The Bertz CT molecular complexity index is 834. The molecule has 0 spiro atoms. The molecule has 2 aromatic heterocycles. The molecule has 0 aliphatic carbocycles. The number of benzene rings is 1. The molecule has 3 aromatic rings. The van der Waals surface area contributed by atoms with E-state index in [1.54, 1.807) is 30.3 Å². The SMILES string of the molecule is COc1cc2[nH]c(C(=O)c3ccccc3)cn2c(=O)n1. The molecule has 6 nitrogen and oxygen atoms in total. The predicted octanol–water partition coefficient (Wildman–Crippen LogP) is 1.26. The summed E-state index contributed by atoms with van der Waals surface area (Å²) in [5.74, 6) is 0.0169. The van der Waals surface area contributed by atoms with E-state index in [1.807, 2.05) is 6.07 Å². The van der Waals surface area contributed by atoms with Gasteiger partial charge in [0.2, 0.25) is 11.7 Å².